The largest absolute Gasteiger partial charge is 0.497 e. The molecule has 0 aromatic heterocycles. The van der Waals surface area contributed by atoms with Gasteiger partial charge in [-0.15, -0.1) is 0 Å². The first kappa shape index (κ1) is 17.8. The summed E-state index contributed by atoms with van der Waals surface area (Å²) in [5, 5.41) is 11.3. The fourth-order valence-electron chi connectivity index (χ4n) is 2.04. The maximum absolute atomic E-state index is 11.8. The molecule has 0 saturated heterocycles. The smallest absolute Gasteiger partial charge is 0.303 e. The minimum atomic E-state index is -0.809. The minimum absolute atomic E-state index is 0.0554. The molecular weight excluding hydrogens is 286 g/mol. The Hall–Kier alpha value is -2.24. The zero-order chi connectivity index (χ0) is 16.4. The lowest BCUT2D eigenvalue weighted by Gasteiger charge is -2.10. The van der Waals surface area contributed by atoms with Gasteiger partial charge in [-0.1, -0.05) is 0 Å². The number of methoxy groups -OCH3 is 2. The maximum atomic E-state index is 11.8. The molecule has 0 fully saturated rings. The van der Waals surface area contributed by atoms with Crippen molar-refractivity contribution in [3.63, 3.8) is 0 Å². The molecule has 2 N–H and O–H groups in total. The number of hydrogen-bond acceptors (Lipinski definition) is 4. The first-order chi connectivity index (χ1) is 10.6. The lowest BCUT2D eigenvalue weighted by atomic mass is 10.1. The Labute approximate surface area is 130 Å². The van der Waals surface area contributed by atoms with E-state index in [0.717, 1.165) is 17.1 Å². The van der Waals surface area contributed by atoms with E-state index in [0.29, 0.717) is 32.2 Å². The van der Waals surface area contributed by atoms with E-state index in [9.17, 15) is 9.59 Å². The summed E-state index contributed by atoms with van der Waals surface area (Å²) in [5.41, 5.74) is 0.919. The first-order valence-electron chi connectivity index (χ1n) is 7.26. The van der Waals surface area contributed by atoms with Crippen LogP contribution < -0.4 is 14.8 Å². The van der Waals surface area contributed by atoms with Crippen LogP contribution in [0.25, 0.3) is 0 Å². The Morgan fingerprint density at radius 1 is 1.14 bits per heavy atom. The molecule has 6 heteroatoms. The molecule has 0 unspecified atom stereocenters. The van der Waals surface area contributed by atoms with E-state index in [4.69, 9.17) is 14.6 Å². The highest BCUT2D eigenvalue weighted by atomic mass is 16.5. The average molecular weight is 309 g/mol. The third kappa shape index (κ3) is 6.47. The summed E-state index contributed by atoms with van der Waals surface area (Å²) < 4.78 is 10.4. The molecule has 1 aromatic carbocycles. The quantitative estimate of drug-likeness (QED) is 0.646. The van der Waals surface area contributed by atoms with Crippen LogP contribution in [0.15, 0.2) is 18.2 Å². The van der Waals surface area contributed by atoms with E-state index in [1.807, 2.05) is 18.2 Å². The van der Waals surface area contributed by atoms with Crippen molar-refractivity contribution < 1.29 is 24.2 Å². The Bertz CT molecular complexity index is 501. The predicted molar refractivity (Wildman–Crippen MR) is 82.4 cm³/mol. The van der Waals surface area contributed by atoms with E-state index in [1.165, 1.54) is 0 Å². The number of carboxylic acid groups (broad SMARTS) is 1. The fourth-order valence-corrected chi connectivity index (χ4v) is 2.04. The Morgan fingerprint density at radius 2 is 1.91 bits per heavy atom. The van der Waals surface area contributed by atoms with Gasteiger partial charge in [0.1, 0.15) is 11.5 Å². The van der Waals surface area contributed by atoms with Gasteiger partial charge in [-0.2, -0.15) is 0 Å². The minimum Gasteiger partial charge on any atom is -0.497 e. The maximum Gasteiger partial charge on any atom is 0.303 e. The number of ether oxygens (including phenoxy) is 2. The highest BCUT2D eigenvalue weighted by Crippen LogP contribution is 2.24. The van der Waals surface area contributed by atoms with Gasteiger partial charge in [-0.3, -0.25) is 9.59 Å². The standard InChI is InChI=1S/C16H23NO5/c1-21-13-7-8-14(22-2)12(11-13)6-9-15(18)17-10-4-3-5-16(19)20/h7-8,11H,3-6,9-10H2,1-2H3,(H,17,18)(H,19,20). The lowest BCUT2D eigenvalue weighted by molar-refractivity contribution is -0.137. The van der Waals surface area contributed by atoms with E-state index in [2.05, 4.69) is 5.32 Å². The fraction of sp³-hybridized carbons (Fsp3) is 0.500. The third-order valence-corrected chi connectivity index (χ3v) is 3.25. The van der Waals surface area contributed by atoms with Crippen LogP contribution in [0.3, 0.4) is 0 Å². The molecule has 122 valence electrons. The van der Waals surface area contributed by atoms with Gasteiger partial charge < -0.3 is 19.9 Å². The molecular formula is C16H23NO5. The number of aliphatic carboxylic acids is 1. The molecule has 0 aliphatic heterocycles. The number of carbonyl (C=O) groups is 2. The Kier molecular flexibility index (Phi) is 7.81. The van der Waals surface area contributed by atoms with Crippen LogP contribution in [0.4, 0.5) is 0 Å². The van der Waals surface area contributed by atoms with Gasteiger partial charge in [0, 0.05) is 19.4 Å². The van der Waals surface area contributed by atoms with Crippen LogP contribution >= 0.6 is 0 Å². The molecule has 0 spiro atoms. The van der Waals surface area contributed by atoms with Crippen LogP contribution in [0.5, 0.6) is 11.5 Å². The molecule has 1 amide bonds. The van der Waals surface area contributed by atoms with Gasteiger partial charge in [-0.25, -0.2) is 0 Å². The van der Waals surface area contributed by atoms with E-state index in [-0.39, 0.29) is 12.3 Å². The number of carboxylic acids is 1. The van der Waals surface area contributed by atoms with Gasteiger partial charge >= 0.3 is 5.97 Å². The van der Waals surface area contributed by atoms with Crippen molar-refractivity contribution in [2.45, 2.75) is 32.1 Å². The molecule has 0 heterocycles. The van der Waals surface area contributed by atoms with E-state index < -0.39 is 5.97 Å². The van der Waals surface area contributed by atoms with Gasteiger partial charge in [0.2, 0.25) is 5.91 Å². The zero-order valence-electron chi connectivity index (χ0n) is 13.1. The number of nitrogens with one attached hydrogen (secondary N) is 1. The third-order valence-electron chi connectivity index (χ3n) is 3.25. The summed E-state index contributed by atoms with van der Waals surface area (Å²) in [6.45, 7) is 0.501. The van der Waals surface area contributed by atoms with E-state index in [1.54, 1.807) is 14.2 Å². The van der Waals surface area contributed by atoms with Crippen molar-refractivity contribution in [1.29, 1.82) is 0 Å². The van der Waals surface area contributed by atoms with Gasteiger partial charge in [0.15, 0.2) is 0 Å². The molecule has 22 heavy (non-hydrogen) atoms. The second-order valence-electron chi connectivity index (χ2n) is 4.88. The highest BCUT2D eigenvalue weighted by molar-refractivity contribution is 5.76. The molecule has 0 atom stereocenters. The highest BCUT2D eigenvalue weighted by Gasteiger charge is 2.08. The monoisotopic (exact) mass is 309 g/mol. The summed E-state index contributed by atoms with van der Waals surface area (Å²) in [6.07, 6.45) is 2.28. The second kappa shape index (κ2) is 9.65. The van der Waals surface area contributed by atoms with Crippen molar-refractivity contribution in [3.05, 3.63) is 23.8 Å². The Morgan fingerprint density at radius 3 is 2.55 bits per heavy atom. The molecule has 0 aliphatic carbocycles. The molecule has 1 rings (SSSR count). The summed E-state index contributed by atoms with van der Waals surface area (Å²) in [4.78, 5) is 22.1. The summed E-state index contributed by atoms with van der Waals surface area (Å²) in [7, 11) is 3.18. The first-order valence-corrected chi connectivity index (χ1v) is 7.26. The number of rotatable bonds is 10. The van der Waals surface area contributed by atoms with Crippen LogP contribution in [0, 0.1) is 0 Å². The summed E-state index contributed by atoms with van der Waals surface area (Å²) in [6, 6.07) is 5.49. The normalized spacial score (nSPS) is 10.1. The van der Waals surface area contributed by atoms with Crippen molar-refractivity contribution in [2.75, 3.05) is 20.8 Å². The number of unbranched alkanes of at least 4 members (excludes halogenated alkanes) is 1. The van der Waals surface area contributed by atoms with Gasteiger partial charge in [0.05, 0.1) is 14.2 Å². The van der Waals surface area contributed by atoms with Crippen LogP contribution in [0.1, 0.15) is 31.2 Å². The zero-order valence-corrected chi connectivity index (χ0v) is 13.1. The van der Waals surface area contributed by atoms with Gasteiger partial charge in [0.25, 0.3) is 0 Å². The molecule has 1 aromatic rings. The van der Waals surface area contributed by atoms with Gasteiger partial charge in [-0.05, 0) is 43.0 Å². The SMILES string of the molecule is COc1ccc(OC)c(CCC(=O)NCCCCC(=O)O)c1. The van der Waals surface area contributed by atoms with E-state index >= 15 is 0 Å². The van der Waals surface area contributed by atoms with Crippen LogP contribution in [-0.4, -0.2) is 37.7 Å². The predicted octanol–water partition coefficient (Wildman–Crippen LogP) is 2.01. The Balaban J connectivity index is 2.35. The van der Waals surface area contributed by atoms with Crippen LogP contribution in [-0.2, 0) is 16.0 Å². The molecule has 0 radical (unpaired) electrons. The van der Waals surface area contributed by atoms with Crippen molar-refractivity contribution in [2.24, 2.45) is 0 Å². The topological polar surface area (TPSA) is 84.9 Å². The number of hydrogen-bond donors (Lipinski definition) is 2. The number of aryl methyl sites for hydroxylation is 1. The lowest BCUT2D eigenvalue weighted by Crippen LogP contribution is -2.24. The molecule has 0 aliphatic rings. The number of benzene rings is 1. The average Bonchev–Trinajstić information content (AvgIpc) is 2.51. The van der Waals surface area contributed by atoms with Crippen LogP contribution in [0.2, 0.25) is 0 Å². The molecule has 6 nitrogen and oxygen atoms in total. The van der Waals surface area contributed by atoms with Crippen molar-refractivity contribution in [3.8, 4) is 11.5 Å². The molecule has 0 bridgehead atoms. The summed E-state index contributed by atoms with van der Waals surface area (Å²) in [5.74, 6) is 0.594. The second-order valence-corrected chi connectivity index (χ2v) is 4.88. The van der Waals surface area contributed by atoms with Crippen molar-refractivity contribution >= 4 is 11.9 Å². The number of carbonyl (C=O) groups excluding carboxylic acids is 1. The molecule has 0 saturated carbocycles. The number of amides is 1. The summed E-state index contributed by atoms with van der Waals surface area (Å²) >= 11 is 0. The van der Waals surface area contributed by atoms with Crippen molar-refractivity contribution in [1.82, 2.24) is 5.32 Å².